The van der Waals surface area contributed by atoms with Crippen LogP contribution in [-0.2, 0) is 4.79 Å². The van der Waals surface area contributed by atoms with E-state index in [-0.39, 0.29) is 12.0 Å². The molecule has 0 spiro atoms. The van der Waals surface area contributed by atoms with E-state index in [1.807, 2.05) is 5.32 Å². The molecule has 1 aromatic carbocycles. The van der Waals surface area contributed by atoms with Crippen LogP contribution in [0.4, 0.5) is 0 Å². The van der Waals surface area contributed by atoms with Gasteiger partial charge in [-0.1, -0.05) is 15.9 Å². The topological polar surface area (TPSA) is 76.4 Å². The van der Waals surface area contributed by atoms with Gasteiger partial charge in [0.25, 0.3) is 5.91 Å². The Kier molecular flexibility index (Phi) is 3.06. The van der Waals surface area contributed by atoms with E-state index in [2.05, 4.69) is 15.9 Å². The summed E-state index contributed by atoms with van der Waals surface area (Å²) >= 11 is 3.27. The van der Waals surface area contributed by atoms with E-state index in [9.17, 15) is 14.4 Å². The van der Waals surface area contributed by atoms with Crippen molar-refractivity contribution in [1.29, 1.82) is 0 Å². The zero-order chi connectivity index (χ0) is 12.4. The van der Waals surface area contributed by atoms with Gasteiger partial charge in [-0.2, -0.15) is 0 Å². The summed E-state index contributed by atoms with van der Waals surface area (Å²) < 4.78 is 5.75. The van der Waals surface area contributed by atoms with Crippen molar-refractivity contribution in [3.63, 3.8) is 0 Å². The van der Waals surface area contributed by atoms with Crippen LogP contribution in [0.25, 0.3) is 11.0 Å². The molecule has 2 amide bonds. The second kappa shape index (κ2) is 4.50. The first kappa shape index (κ1) is 11.5. The Morgan fingerprint density at radius 1 is 1.35 bits per heavy atom. The van der Waals surface area contributed by atoms with Gasteiger partial charge in [-0.05, 0) is 24.3 Å². The summed E-state index contributed by atoms with van der Waals surface area (Å²) in [6.45, 7) is 0. The first-order valence-corrected chi connectivity index (χ1v) is 5.39. The minimum absolute atomic E-state index is 0.206. The van der Waals surface area contributed by atoms with Gasteiger partial charge in [0.1, 0.15) is 11.1 Å². The van der Waals surface area contributed by atoms with Crippen molar-refractivity contribution in [2.75, 3.05) is 0 Å². The van der Waals surface area contributed by atoms with Crippen molar-refractivity contribution in [1.82, 2.24) is 5.32 Å². The lowest BCUT2D eigenvalue weighted by Gasteiger charge is -2.00. The van der Waals surface area contributed by atoms with Crippen LogP contribution in [-0.4, -0.2) is 12.3 Å². The number of benzene rings is 1. The van der Waals surface area contributed by atoms with Crippen molar-refractivity contribution < 1.29 is 14.0 Å². The molecule has 1 N–H and O–H groups in total. The molecule has 0 saturated carbocycles. The number of rotatable bonds is 2. The minimum atomic E-state index is -0.782. The van der Waals surface area contributed by atoms with Crippen molar-refractivity contribution in [2.24, 2.45) is 0 Å². The van der Waals surface area contributed by atoms with Crippen LogP contribution >= 0.6 is 15.9 Å². The van der Waals surface area contributed by atoms with Crippen LogP contribution in [0.15, 0.2) is 37.9 Å². The molecule has 5 nitrogen and oxygen atoms in total. The third kappa shape index (κ3) is 2.26. The van der Waals surface area contributed by atoms with Gasteiger partial charge in [0.15, 0.2) is 0 Å². The number of amides is 2. The van der Waals surface area contributed by atoms with Crippen molar-refractivity contribution in [3.8, 4) is 0 Å². The van der Waals surface area contributed by atoms with E-state index in [1.165, 1.54) is 6.07 Å². The smallest absolute Gasteiger partial charge is 0.349 e. The molecule has 1 aromatic heterocycles. The fourth-order valence-electron chi connectivity index (χ4n) is 1.38. The van der Waals surface area contributed by atoms with Crippen LogP contribution in [0, 0.1) is 0 Å². The molecule has 17 heavy (non-hydrogen) atoms. The third-order valence-electron chi connectivity index (χ3n) is 2.13. The quantitative estimate of drug-likeness (QED) is 0.672. The Labute approximate surface area is 104 Å². The maximum absolute atomic E-state index is 11.5. The fraction of sp³-hybridized carbons (Fsp3) is 0. The molecule has 6 heteroatoms. The maximum atomic E-state index is 11.5. The zero-order valence-electron chi connectivity index (χ0n) is 8.40. The summed E-state index contributed by atoms with van der Waals surface area (Å²) in [5.41, 5.74) is -0.609. The Hall–Kier alpha value is -1.95. The predicted octanol–water partition coefficient (Wildman–Crippen LogP) is 1.44. The molecular formula is C11H6BrNO4. The summed E-state index contributed by atoms with van der Waals surface area (Å²) in [7, 11) is 0. The summed E-state index contributed by atoms with van der Waals surface area (Å²) in [6.07, 6.45) is 0.215. The van der Waals surface area contributed by atoms with Gasteiger partial charge in [0.2, 0.25) is 6.41 Å². The molecule has 1 heterocycles. The minimum Gasteiger partial charge on any atom is -0.422 e. The second-order valence-electron chi connectivity index (χ2n) is 3.22. The van der Waals surface area contributed by atoms with Gasteiger partial charge in [-0.3, -0.25) is 14.9 Å². The van der Waals surface area contributed by atoms with E-state index in [4.69, 9.17) is 4.42 Å². The van der Waals surface area contributed by atoms with Crippen molar-refractivity contribution in [3.05, 3.63) is 44.7 Å². The summed E-state index contributed by atoms with van der Waals surface area (Å²) in [4.78, 5) is 33.0. The van der Waals surface area contributed by atoms with E-state index >= 15 is 0 Å². The number of hydrogen-bond acceptors (Lipinski definition) is 4. The lowest BCUT2D eigenvalue weighted by molar-refractivity contribution is -0.108. The molecule has 0 atom stereocenters. The van der Waals surface area contributed by atoms with Crippen LogP contribution in [0.2, 0.25) is 0 Å². The molecule has 2 aromatic rings. The number of carbonyl (C=O) groups excluding carboxylic acids is 2. The van der Waals surface area contributed by atoms with Gasteiger partial charge < -0.3 is 4.42 Å². The molecule has 0 unspecified atom stereocenters. The summed E-state index contributed by atoms with van der Waals surface area (Å²) in [6, 6.07) is 6.42. The van der Waals surface area contributed by atoms with E-state index in [1.54, 1.807) is 18.2 Å². The van der Waals surface area contributed by atoms with Crippen molar-refractivity contribution in [2.45, 2.75) is 0 Å². The van der Waals surface area contributed by atoms with Crippen LogP contribution < -0.4 is 10.9 Å². The Bertz CT molecular complexity index is 662. The van der Waals surface area contributed by atoms with Crippen LogP contribution in [0.1, 0.15) is 10.4 Å². The number of halogens is 1. The average molecular weight is 296 g/mol. The van der Waals surface area contributed by atoms with Crippen LogP contribution in [0.3, 0.4) is 0 Å². The number of carbonyl (C=O) groups is 2. The zero-order valence-corrected chi connectivity index (χ0v) is 9.98. The first-order valence-electron chi connectivity index (χ1n) is 4.60. The maximum Gasteiger partial charge on any atom is 0.349 e. The standard InChI is InChI=1S/C11H6BrNO4/c12-7-1-2-9-6(3-7)4-8(11(16)17-9)10(15)13-5-14/h1-5H,(H,13,14,15). The van der Waals surface area contributed by atoms with E-state index < -0.39 is 11.5 Å². The number of hydrogen-bond donors (Lipinski definition) is 1. The van der Waals surface area contributed by atoms with Crippen molar-refractivity contribution >= 4 is 39.2 Å². The van der Waals surface area contributed by atoms with Gasteiger partial charge >= 0.3 is 5.63 Å². The molecule has 0 aliphatic carbocycles. The lowest BCUT2D eigenvalue weighted by Crippen LogP contribution is -2.26. The van der Waals surface area contributed by atoms with Gasteiger partial charge in [-0.15, -0.1) is 0 Å². The lowest BCUT2D eigenvalue weighted by atomic mass is 10.2. The third-order valence-corrected chi connectivity index (χ3v) is 2.62. The highest BCUT2D eigenvalue weighted by molar-refractivity contribution is 9.10. The number of fused-ring (bicyclic) bond motifs is 1. The number of imide groups is 1. The highest BCUT2D eigenvalue weighted by Gasteiger charge is 2.12. The Morgan fingerprint density at radius 3 is 2.82 bits per heavy atom. The monoisotopic (exact) mass is 295 g/mol. The fourth-order valence-corrected chi connectivity index (χ4v) is 1.76. The van der Waals surface area contributed by atoms with E-state index in [0.717, 1.165) is 4.47 Å². The molecular weight excluding hydrogens is 290 g/mol. The summed E-state index contributed by atoms with van der Waals surface area (Å²) in [5, 5.41) is 2.48. The second-order valence-corrected chi connectivity index (χ2v) is 4.14. The highest BCUT2D eigenvalue weighted by atomic mass is 79.9. The molecule has 2 rings (SSSR count). The molecule has 86 valence electrons. The van der Waals surface area contributed by atoms with Gasteiger partial charge in [0.05, 0.1) is 0 Å². The van der Waals surface area contributed by atoms with Gasteiger partial charge in [0, 0.05) is 9.86 Å². The van der Waals surface area contributed by atoms with Crippen LogP contribution in [0.5, 0.6) is 0 Å². The molecule has 0 saturated heterocycles. The van der Waals surface area contributed by atoms with E-state index in [0.29, 0.717) is 11.0 Å². The molecule has 0 fully saturated rings. The first-order chi connectivity index (χ1) is 8.11. The molecule has 0 radical (unpaired) electrons. The molecule has 0 aliphatic heterocycles. The SMILES string of the molecule is O=CNC(=O)c1cc2cc(Br)ccc2oc1=O. The number of nitrogens with one attached hydrogen (secondary N) is 1. The Morgan fingerprint density at radius 2 is 2.12 bits per heavy atom. The normalized spacial score (nSPS) is 10.2. The molecule has 0 aliphatic rings. The molecule has 0 bridgehead atoms. The predicted molar refractivity (Wildman–Crippen MR) is 63.7 cm³/mol. The average Bonchev–Trinajstić information content (AvgIpc) is 2.29. The summed E-state index contributed by atoms with van der Waals surface area (Å²) in [5.74, 6) is -0.782. The largest absolute Gasteiger partial charge is 0.422 e. The van der Waals surface area contributed by atoms with Gasteiger partial charge in [-0.25, -0.2) is 4.79 Å². The Balaban J connectivity index is 2.65. The highest BCUT2D eigenvalue weighted by Crippen LogP contribution is 2.19.